The van der Waals surface area contributed by atoms with E-state index in [1.807, 2.05) is 23.1 Å². The minimum atomic E-state index is -0.497. The summed E-state index contributed by atoms with van der Waals surface area (Å²) >= 11 is 0. The van der Waals surface area contributed by atoms with Crippen molar-refractivity contribution in [1.82, 2.24) is 9.88 Å². The van der Waals surface area contributed by atoms with Gasteiger partial charge in [-0.3, -0.25) is 9.59 Å². The molecule has 30 heavy (non-hydrogen) atoms. The van der Waals surface area contributed by atoms with Gasteiger partial charge in [-0.05, 0) is 62.8 Å². The quantitative estimate of drug-likeness (QED) is 0.578. The third kappa shape index (κ3) is 6.87. The Hall–Kier alpha value is -2.34. The predicted octanol–water partition coefficient (Wildman–Crippen LogP) is 3.87. The van der Waals surface area contributed by atoms with Crippen LogP contribution >= 0.6 is 0 Å². The Balaban J connectivity index is 1.42. The lowest BCUT2D eigenvalue weighted by atomic mass is 9.89. The molecule has 1 aliphatic rings. The molecule has 6 heteroatoms. The Morgan fingerprint density at radius 1 is 1.20 bits per heavy atom. The van der Waals surface area contributed by atoms with Gasteiger partial charge >= 0.3 is 0 Å². The Morgan fingerprint density at radius 3 is 2.77 bits per heavy atom. The average molecular weight is 415 g/mol. The lowest BCUT2D eigenvalue weighted by molar-refractivity contribution is -0.133. The standard InChI is InChI=1S/C24H34N2O4/c1-18(27)16-26(17-19-7-3-2-4-8-19)24(29)9-5-6-14-30-21-11-12-22-20(15-21)10-13-23(28)25-22/h10-13,15,18-19,27H,2-9,14,16-17H2,1H3,(H,25,28). The fourth-order valence-corrected chi connectivity index (χ4v) is 4.23. The second-order valence-corrected chi connectivity index (χ2v) is 8.53. The summed E-state index contributed by atoms with van der Waals surface area (Å²) < 4.78 is 5.82. The number of aromatic nitrogens is 1. The van der Waals surface area contributed by atoms with Crippen LogP contribution < -0.4 is 10.3 Å². The molecule has 1 fully saturated rings. The van der Waals surface area contributed by atoms with Crippen molar-refractivity contribution < 1.29 is 14.6 Å². The number of rotatable bonds is 10. The second kappa shape index (κ2) is 11.2. The first-order valence-corrected chi connectivity index (χ1v) is 11.2. The van der Waals surface area contributed by atoms with Gasteiger partial charge in [0.25, 0.3) is 0 Å². The molecule has 0 spiro atoms. The molecule has 1 saturated carbocycles. The molecule has 2 aromatic rings. The van der Waals surface area contributed by atoms with Gasteiger partial charge in [0.1, 0.15) is 5.75 Å². The average Bonchev–Trinajstić information content (AvgIpc) is 2.73. The van der Waals surface area contributed by atoms with Crippen molar-refractivity contribution in [3.05, 3.63) is 40.7 Å². The number of carbonyl (C=O) groups excluding carboxylic acids is 1. The molecule has 1 amide bonds. The Bertz CT molecular complexity index is 871. The van der Waals surface area contributed by atoms with E-state index in [-0.39, 0.29) is 11.5 Å². The van der Waals surface area contributed by atoms with Crippen molar-refractivity contribution in [1.29, 1.82) is 0 Å². The maximum Gasteiger partial charge on any atom is 0.248 e. The molecule has 0 aliphatic heterocycles. The molecule has 0 bridgehead atoms. The first-order valence-electron chi connectivity index (χ1n) is 11.2. The molecule has 3 rings (SSSR count). The van der Waals surface area contributed by atoms with Crippen LogP contribution in [0.15, 0.2) is 35.1 Å². The molecule has 164 valence electrons. The number of hydrogen-bond donors (Lipinski definition) is 2. The van der Waals surface area contributed by atoms with Gasteiger partial charge in [-0.2, -0.15) is 0 Å². The summed E-state index contributed by atoms with van der Waals surface area (Å²) in [5.41, 5.74) is 0.672. The second-order valence-electron chi connectivity index (χ2n) is 8.53. The number of nitrogens with zero attached hydrogens (tertiary/aromatic N) is 1. The number of hydrogen-bond acceptors (Lipinski definition) is 4. The van der Waals surface area contributed by atoms with Crippen molar-refractivity contribution in [3.63, 3.8) is 0 Å². The SMILES string of the molecule is CC(O)CN(CC1CCCCC1)C(=O)CCCCOc1ccc2[nH]c(=O)ccc2c1. The smallest absolute Gasteiger partial charge is 0.248 e. The van der Waals surface area contributed by atoms with E-state index < -0.39 is 6.10 Å². The first-order chi connectivity index (χ1) is 14.5. The van der Waals surface area contributed by atoms with Crippen LogP contribution in [0.5, 0.6) is 5.75 Å². The van der Waals surface area contributed by atoms with Gasteiger partial charge in [0.2, 0.25) is 11.5 Å². The van der Waals surface area contributed by atoms with Crippen molar-refractivity contribution >= 4 is 16.8 Å². The van der Waals surface area contributed by atoms with Crippen molar-refractivity contribution in [3.8, 4) is 5.75 Å². The molecule has 0 radical (unpaired) electrons. The number of benzene rings is 1. The number of ether oxygens (including phenoxy) is 1. The number of aliphatic hydroxyl groups is 1. The number of unbranched alkanes of at least 4 members (excludes halogenated alkanes) is 1. The van der Waals surface area contributed by atoms with Gasteiger partial charge in [0.15, 0.2) is 0 Å². The summed E-state index contributed by atoms with van der Waals surface area (Å²) in [6.07, 6.45) is 7.74. The summed E-state index contributed by atoms with van der Waals surface area (Å²) in [6, 6.07) is 8.88. The van der Waals surface area contributed by atoms with E-state index in [9.17, 15) is 14.7 Å². The molecule has 1 unspecified atom stereocenters. The van der Waals surface area contributed by atoms with Crippen molar-refractivity contribution in [2.24, 2.45) is 5.92 Å². The van der Waals surface area contributed by atoms with E-state index in [1.165, 1.54) is 38.2 Å². The summed E-state index contributed by atoms with van der Waals surface area (Å²) in [4.78, 5) is 28.7. The number of aromatic amines is 1. The van der Waals surface area contributed by atoms with E-state index in [0.717, 1.165) is 36.0 Å². The molecule has 6 nitrogen and oxygen atoms in total. The third-order valence-electron chi connectivity index (χ3n) is 5.79. The lowest BCUT2D eigenvalue weighted by Crippen LogP contribution is -2.40. The van der Waals surface area contributed by atoms with Crippen LogP contribution in [0.4, 0.5) is 0 Å². The minimum Gasteiger partial charge on any atom is -0.494 e. The fraction of sp³-hybridized carbons (Fsp3) is 0.583. The molecule has 1 atom stereocenters. The number of nitrogens with one attached hydrogen (secondary N) is 1. The summed E-state index contributed by atoms with van der Waals surface area (Å²) in [7, 11) is 0. The van der Waals surface area contributed by atoms with Crippen molar-refractivity contribution in [2.45, 2.75) is 64.4 Å². The number of aliphatic hydroxyl groups excluding tert-OH is 1. The maximum absolute atomic E-state index is 12.7. The Labute approximate surface area is 178 Å². The van der Waals surface area contributed by atoms with Gasteiger partial charge in [-0.1, -0.05) is 19.3 Å². The van der Waals surface area contributed by atoms with Crippen LogP contribution in [-0.2, 0) is 4.79 Å². The van der Waals surface area contributed by atoms with Crippen molar-refractivity contribution in [2.75, 3.05) is 19.7 Å². The number of carbonyl (C=O) groups is 1. The summed E-state index contributed by atoms with van der Waals surface area (Å²) in [6.45, 7) is 3.49. The van der Waals surface area contributed by atoms with Crippen LogP contribution in [0.2, 0.25) is 0 Å². The number of pyridine rings is 1. The van der Waals surface area contributed by atoms with E-state index in [0.29, 0.717) is 25.5 Å². The summed E-state index contributed by atoms with van der Waals surface area (Å²) in [5, 5.41) is 10.7. The monoisotopic (exact) mass is 414 g/mol. The van der Waals surface area contributed by atoms with E-state index in [1.54, 1.807) is 13.0 Å². The molecule has 1 aromatic carbocycles. The highest BCUT2D eigenvalue weighted by Crippen LogP contribution is 2.25. The first kappa shape index (κ1) is 22.3. The largest absolute Gasteiger partial charge is 0.494 e. The highest BCUT2D eigenvalue weighted by atomic mass is 16.5. The van der Waals surface area contributed by atoms with E-state index >= 15 is 0 Å². The number of amides is 1. The van der Waals surface area contributed by atoms with Crippen LogP contribution in [0.25, 0.3) is 10.9 Å². The van der Waals surface area contributed by atoms with Crippen LogP contribution in [0.3, 0.4) is 0 Å². The van der Waals surface area contributed by atoms with Crippen LogP contribution in [0, 0.1) is 5.92 Å². The van der Waals surface area contributed by atoms with Gasteiger partial charge < -0.3 is 19.7 Å². The van der Waals surface area contributed by atoms with Gasteiger partial charge in [0.05, 0.1) is 12.7 Å². The number of fused-ring (bicyclic) bond motifs is 1. The Kier molecular flexibility index (Phi) is 8.31. The zero-order chi connectivity index (χ0) is 21.3. The van der Waals surface area contributed by atoms with E-state index in [2.05, 4.69) is 4.98 Å². The molecule has 1 aliphatic carbocycles. The number of H-pyrrole nitrogens is 1. The molecule has 1 heterocycles. The predicted molar refractivity (Wildman–Crippen MR) is 119 cm³/mol. The molecule has 1 aromatic heterocycles. The summed E-state index contributed by atoms with van der Waals surface area (Å²) in [5.74, 6) is 1.47. The highest BCUT2D eigenvalue weighted by molar-refractivity contribution is 5.79. The Morgan fingerprint density at radius 2 is 2.00 bits per heavy atom. The lowest BCUT2D eigenvalue weighted by Gasteiger charge is -2.30. The van der Waals surface area contributed by atoms with Gasteiger partial charge in [-0.25, -0.2) is 0 Å². The molecule has 2 N–H and O–H groups in total. The zero-order valence-corrected chi connectivity index (χ0v) is 17.9. The molecular weight excluding hydrogens is 380 g/mol. The fourth-order valence-electron chi connectivity index (χ4n) is 4.23. The zero-order valence-electron chi connectivity index (χ0n) is 17.9. The highest BCUT2D eigenvalue weighted by Gasteiger charge is 2.21. The third-order valence-corrected chi connectivity index (χ3v) is 5.79. The van der Waals surface area contributed by atoms with Gasteiger partial charge in [0, 0.05) is 36.5 Å². The van der Waals surface area contributed by atoms with Crippen LogP contribution in [0.1, 0.15) is 58.3 Å². The normalized spacial score (nSPS) is 15.8. The van der Waals surface area contributed by atoms with Crippen LogP contribution in [-0.4, -0.2) is 46.7 Å². The molecular formula is C24H34N2O4. The minimum absolute atomic E-state index is 0.117. The molecule has 0 saturated heterocycles. The maximum atomic E-state index is 12.7. The van der Waals surface area contributed by atoms with E-state index in [4.69, 9.17) is 4.74 Å². The van der Waals surface area contributed by atoms with Gasteiger partial charge in [-0.15, -0.1) is 0 Å². The topological polar surface area (TPSA) is 82.6 Å².